The molecule has 1 N–H and O–H groups in total. The Morgan fingerprint density at radius 1 is 1.20 bits per heavy atom. The van der Waals surface area contributed by atoms with Crippen LogP contribution < -0.4 is 0 Å². The summed E-state index contributed by atoms with van der Waals surface area (Å²) in [5, 5.41) is 8.48. The van der Waals surface area contributed by atoms with Gasteiger partial charge in [0.15, 0.2) is 10.9 Å². The lowest BCUT2D eigenvalue weighted by atomic mass is 10.1. The smallest absolute Gasteiger partial charge is 0.433 e. The Morgan fingerprint density at radius 2 is 1.90 bits per heavy atom. The number of alkyl halides is 3. The van der Waals surface area contributed by atoms with E-state index in [4.69, 9.17) is 5.11 Å². The number of aromatic nitrogens is 2. The maximum atomic E-state index is 13.1. The number of halogens is 3. The summed E-state index contributed by atoms with van der Waals surface area (Å²) in [7, 11) is 0. The first-order valence-corrected chi connectivity index (χ1v) is 7.18. The first-order chi connectivity index (χ1) is 9.38. The summed E-state index contributed by atoms with van der Waals surface area (Å²) in [5.41, 5.74) is -0.315. The topological polar surface area (TPSA) is 63.1 Å². The van der Waals surface area contributed by atoms with Gasteiger partial charge in [-0.3, -0.25) is 4.79 Å². The second kappa shape index (κ2) is 5.99. The van der Waals surface area contributed by atoms with Crippen molar-refractivity contribution in [2.45, 2.75) is 43.4 Å². The number of thioether (sulfide) groups is 1. The number of carbonyl (C=O) groups is 1. The fourth-order valence-corrected chi connectivity index (χ4v) is 2.76. The van der Waals surface area contributed by atoms with Crippen LogP contribution in [0.25, 0.3) is 0 Å². The lowest BCUT2D eigenvalue weighted by Crippen LogP contribution is -2.16. The Bertz CT molecular complexity index is 520. The zero-order chi connectivity index (χ0) is 14.8. The quantitative estimate of drug-likeness (QED) is 0.528. The number of aliphatic carboxylic acids is 1. The molecule has 0 amide bonds. The van der Waals surface area contributed by atoms with E-state index in [0.717, 1.165) is 12.8 Å². The molecule has 0 bridgehead atoms. The summed E-state index contributed by atoms with van der Waals surface area (Å²) in [6.07, 6.45) is -1.36. The van der Waals surface area contributed by atoms with Gasteiger partial charge in [-0.05, 0) is 25.7 Å². The molecule has 2 rings (SSSR count). The summed E-state index contributed by atoms with van der Waals surface area (Å²) < 4.78 is 39.2. The van der Waals surface area contributed by atoms with Crippen molar-refractivity contribution in [1.29, 1.82) is 0 Å². The second-order valence-corrected chi connectivity index (χ2v) is 5.46. The Labute approximate surface area is 117 Å². The first kappa shape index (κ1) is 15.1. The largest absolute Gasteiger partial charge is 0.481 e. The molecule has 1 aromatic rings. The predicted octanol–water partition coefficient (Wildman–Crippen LogP) is 2.94. The molecular weight excluding hydrogens is 293 g/mol. The third-order valence-corrected chi connectivity index (χ3v) is 3.84. The van der Waals surface area contributed by atoms with Crippen molar-refractivity contribution < 1.29 is 23.1 Å². The van der Waals surface area contributed by atoms with E-state index in [2.05, 4.69) is 9.97 Å². The standard InChI is InChI=1S/C12H13F3N2O2S/c13-12(14,15)10-7-4-2-1-3-5-8(7)16-11(17-10)20-6-9(18)19/h1-6H2,(H,18,19). The zero-order valence-corrected chi connectivity index (χ0v) is 11.4. The highest BCUT2D eigenvalue weighted by molar-refractivity contribution is 7.99. The molecule has 20 heavy (non-hydrogen) atoms. The molecule has 0 saturated carbocycles. The number of hydrogen-bond acceptors (Lipinski definition) is 4. The number of carboxylic acid groups (broad SMARTS) is 1. The summed E-state index contributed by atoms with van der Waals surface area (Å²) >= 11 is 0.717. The molecular formula is C12H13F3N2O2S. The Morgan fingerprint density at radius 3 is 2.55 bits per heavy atom. The van der Waals surface area contributed by atoms with Crippen LogP contribution in [-0.2, 0) is 23.8 Å². The van der Waals surface area contributed by atoms with Gasteiger partial charge in [0.25, 0.3) is 0 Å². The normalized spacial score (nSPS) is 15.6. The van der Waals surface area contributed by atoms with Gasteiger partial charge < -0.3 is 5.11 Å². The van der Waals surface area contributed by atoms with Crippen LogP contribution in [0.15, 0.2) is 5.16 Å². The number of nitrogens with zero attached hydrogens (tertiary/aromatic N) is 2. The molecule has 0 saturated heterocycles. The van der Waals surface area contributed by atoms with Gasteiger partial charge in [0.05, 0.1) is 5.75 Å². The molecule has 4 nitrogen and oxygen atoms in total. The summed E-state index contributed by atoms with van der Waals surface area (Å²) in [6, 6.07) is 0. The van der Waals surface area contributed by atoms with Crippen molar-refractivity contribution in [3.8, 4) is 0 Å². The molecule has 8 heteroatoms. The number of carboxylic acids is 1. The van der Waals surface area contributed by atoms with Gasteiger partial charge >= 0.3 is 12.1 Å². The Kier molecular flexibility index (Phi) is 4.52. The van der Waals surface area contributed by atoms with Crippen molar-refractivity contribution >= 4 is 17.7 Å². The Balaban J connectivity index is 2.41. The number of fused-ring (bicyclic) bond motifs is 1. The lowest BCUT2D eigenvalue weighted by molar-refractivity contribution is -0.142. The van der Waals surface area contributed by atoms with Gasteiger partial charge in [-0.15, -0.1) is 0 Å². The van der Waals surface area contributed by atoms with Crippen LogP contribution >= 0.6 is 11.8 Å². The third-order valence-electron chi connectivity index (χ3n) is 3.01. The van der Waals surface area contributed by atoms with Gasteiger partial charge in [-0.2, -0.15) is 13.2 Å². The highest BCUT2D eigenvalue weighted by Crippen LogP contribution is 2.35. The molecule has 0 aromatic carbocycles. The second-order valence-electron chi connectivity index (χ2n) is 4.52. The fraction of sp³-hybridized carbons (Fsp3) is 0.583. The summed E-state index contributed by atoms with van der Waals surface area (Å²) in [6.45, 7) is 0. The minimum atomic E-state index is -4.53. The molecule has 1 aliphatic carbocycles. The van der Waals surface area contributed by atoms with Crippen molar-refractivity contribution in [3.05, 3.63) is 17.0 Å². The predicted molar refractivity (Wildman–Crippen MR) is 66.7 cm³/mol. The molecule has 1 aromatic heterocycles. The van der Waals surface area contributed by atoms with E-state index in [-0.39, 0.29) is 16.5 Å². The van der Waals surface area contributed by atoms with E-state index < -0.39 is 17.8 Å². The fourth-order valence-electron chi connectivity index (χ4n) is 2.17. The molecule has 1 heterocycles. The van der Waals surface area contributed by atoms with Crippen molar-refractivity contribution in [2.75, 3.05) is 5.75 Å². The van der Waals surface area contributed by atoms with E-state index in [0.29, 0.717) is 36.7 Å². The number of rotatable bonds is 3. The van der Waals surface area contributed by atoms with Crippen LogP contribution in [0, 0.1) is 0 Å². The van der Waals surface area contributed by atoms with Crippen LogP contribution in [0.1, 0.15) is 36.2 Å². The lowest BCUT2D eigenvalue weighted by Gasteiger charge is -2.14. The molecule has 110 valence electrons. The van der Waals surface area contributed by atoms with E-state index in [1.807, 2.05) is 0 Å². The minimum Gasteiger partial charge on any atom is -0.481 e. The first-order valence-electron chi connectivity index (χ1n) is 6.19. The molecule has 1 aliphatic rings. The molecule has 0 unspecified atom stereocenters. The van der Waals surface area contributed by atoms with Crippen LogP contribution in [0.3, 0.4) is 0 Å². The summed E-state index contributed by atoms with van der Waals surface area (Å²) in [5.74, 6) is -1.46. The van der Waals surface area contributed by atoms with Gasteiger partial charge in [-0.1, -0.05) is 18.2 Å². The van der Waals surface area contributed by atoms with E-state index >= 15 is 0 Å². The van der Waals surface area contributed by atoms with Gasteiger partial charge in [-0.25, -0.2) is 9.97 Å². The maximum Gasteiger partial charge on any atom is 0.433 e. The molecule has 0 aliphatic heterocycles. The van der Waals surface area contributed by atoms with Crippen molar-refractivity contribution in [3.63, 3.8) is 0 Å². The highest BCUT2D eigenvalue weighted by Gasteiger charge is 2.37. The van der Waals surface area contributed by atoms with Crippen molar-refractivity contribution in [1.82, 2.24) is 9.97 Å². The van der Waals surface area contributed by atoms with E-state index in [9.17, 15) is 18.0 Å². The van der Waals surface area contributed by atoms with Gasteiger partial charge in [0.2, 0.25) is 0 Å². The molecule has 0 atom stereocenters. The van der Waals surface area contributed by atoms with Crippen molar-refractivity contribution in [2.24, 2.45) is 0 Å². The monoisotopic (exact) mass is 306 g/mol. The Hall–Kier alpha value is -1.31. The number of aryl methyl sites for hydroxylation is 1. The van der Waals surface area contributed by atoms with Gasteiger partial charge in [0, 0.05) is 11.3 Å². The maximum absolute atomic E-state index is 13.1. The average molecular weight is 306 g/mol. The SMILES string of the molecule is O=C(O)CSc1nc2c(c(C(F)(F)F)n1)CCCCC2. The molecule has 0 radical (unpaired) electrons. The molecule has 0 fully saturated rings. The zero-order valence-electron chi connectivity index (χ0n) is 10.5. The summed E-state index contributed by atoms with van der Waals surface area (Å²) in [4.78, 5) is 18.1. The third kappa shape index (κ3) is 3.62. The minimum absolute atomic E-state index is 0.111. The van der Waals surface area contributed by atoms with Crippen LogP contribution in [-0.4, -0.2) is 26.8 Å². The highest BCUT2D eigenvalue weighted by atomic mass is 32.2. The van der Waals surface area contributed by atoms with Crippen LogP contribution in [0.4, 0.5) is 13.2 Å². The van der Waals surface area contributed by atoms with Crippen LogP contribution in [0.5, 0.6) is 0 Å². The van der Waals surface area contributed by atoms with E-state index in [1.165, 1.54) is 0 Å². The number of hydrogen-bond donors (Lipinski definition) is 1. The average Bonchev–Trinajstić information content (AvgIpc) is 2.59. The van der Waals surface area contributed by atoms with Crippen LogP contribution in [0.2, 0.25) is 0 Å². The van der Waals surface area contributed by atoms with E-state index in [1.54, 1.807) is 0 Å². The molecule has 0 spiro atoms. The van der Waals surface area contributed by atoms with Gasteiger partial charge in [0.1, 0.15) is 0 Å².